The number of nitrogens with zero attached hydrogens (tertiary/aromatic N) is 2. The van der Waals surface area contributed by atoms with Gasteiger partial charge in [-0.05, 0) is 35.9 Å². The number of carbonyl (C=O) groups excluding carboxylic acids is 1. The summed E-state index contributed by atoms with van der Waals surface area (Å²) in [5.41, 5.74) is 0.695. The van der Waals surface area contributed by atoms with Crippen LogP contribution in [0.15, 0.2) is 77.7 Å². The Labute approximate surface area is 191 Å². The van der Waals surface area contributed by atoms with E-state index in [-0.39, 0.29) is 16.1 Å². The van der Waals surface area contributed by atoms with Gasteiger partial charge in [-0.2, -0.15) is 4.31 Å². The summed E-state index contributed by atoms with van der Waals surface area (Å²) < 4.78 is 55.8. The molecule has 0 unspecified atom stereocenters. The van der Waals surface area contributed by atoms with Crippen molar-refractivity contribution in [2.75, 3.05) is 31.5 Å². The van der Waals surface area contributed by atoms with E-state index >= 15 is 0 Å². The molecule has 0 bridgehead atoms. The number of piperazine rings is 1. The second kappa shape index (κ2) is 9.78. The molecule has 3 aromatic carbocycles. The minimum absolute atomic E-state index is 0.194. The van der Waals surface area contributed by atoms with E-state index in [2.05, 4.69) is 10.2 Å². The molecule has 1 aliphatic heterocycles. The van der Waals surface area contributed by atoms with Crippen LogP contribution in [0, 0.1) is 11.6 Å². The third kappa shape index (κ3) is 5.27. The zero-order valence-corrected chi connectivity index (χ0v) is 18.6. The maximum Gasteiger partial charge on any atom is 0.258 e. The highest BCUT2D eigenvalue weighted by Gasteiger charge is 2.29. The first-order valence-electron chi connectivity index (χ1n) is 10.5. The maximum atomic E-state index is 14.6. The average molecular weight is 472 g/mol. The average Bonchev–Trinajstić information content (AvgIpc) is 2.81. The number of sulfonamides is 1. The lowest BCUT2D eigenvalue weighted by molar-refractivity contribution is 0.102. The van der Waals surface area contributed by atoms with Crippen LogP contribution in [0.2, 0.25) is 0 Å². The van der Waals surface area contributed by atoms with Crippen LogP contribution in [0.1, 0.15) is 15.9 Å². The predicted octanol–water partition coefficient (Wildman–Crippen LogP) is 3.72. The molecule has 0 aromatic heterocycles. The summed E-state index contributed by atoms with van der Waals surface area (Å²) in [5, 5.41) is 2.29. The Balaban J connectivity index is 1.42. The van der Waals surface area contributed by atoms with Gasteiger partial charge in [0, 0.05) is 32.7 Å². The smallest absolute Gasteiger partial charge is 0.258 e. The van der Waals surface area contributed by atoms with Gasteiger partial charge in [0.05, 0.1) is 16.1 Å². The number of rotatable bonds is 6. The van der Waals surface area contributed by atoms with Gasteiger partial charge in [0.15, 0.2) is 0 Å². The van der Waals surface area contributed by atoms with Gasteiger partial charge in [0.25, 0.3) is 5.91 Å². The van der Waals surface area contributed by atoms with Crippen LogP contribution in [0.5, 0.6) is 0 Å². The van der Waals surface area contributed by atoms with Crippen LogP contribution in [-0.2, 0) is 16.6 Å². The molecule has 0 atom stereocenters. The summed E-state index contributed by atoms with van der Waals surface area (Å²) in [6, 6.07) is 18.6. The van der Waals surface area contributed by atoms with E-state index in [1.54, 1.807) is 0 Å². The standard InChI is InChI=1S/C24H23F2N3O3S/c25-21-9-5-4-8-20(21)24(30)27-23-11-10-19(16-22(23)26)33(31,32)29-14-12-28(13-15-29)17-18-6-2-1-3-7-18/h1-11,16H,12-15,17H2,(H,27,30). The lowest BCUT2D eigenvalue weighted by Crippen LogP contribution is -2.48. The highest BCUT2D eigenvalue weighted by atomic mass is 32.2. The van der Waals surface area contributed by atoms with Crippen molar-refractivity contribution < 1.29 is 22.0 Å². The van der Waals surface area contributed by atoms with Crippen molar-refractivity contribution in [1.82, 2.24) is 9.21 Å². The molecule has 1 saturated heterocycles. The van der Waals surface area contributed by atoms with Crippen LogP contribution in [-0.4, -0.2) is 49.7 Å². The van der Waals surface area contributed by atoms with Gasteiger partial charge in [0.2, 0.25) is 10.0 Å². The van der Waals surface area contributed by atoms with Crippen molar-refractivity contribution in [3.05, 3.63) is 95.6 Å². The van der Waals surface area contributed by atoms with Gasteiger partial charge in [-0.3, -0.25) is 9.69 Å². The fourth-order valence-electron chi connectivity index (χ4n) is 3.71. The zero-order chi connectivity index (χ0) is 23.4. The first-order chi connectivity index (χ1) is 15.8. The van der Waals surface area contributed by atoms with E-state index < -0.39 is 27.6 Å². The number of hydrogen-bond acceptors (Lipinski definition) is 4. The molecule has 4 rings (SSSR count). The van der Waals surface area contributed by atoms with Crippen LogP contribution in [0.3, 0.4) is 0 Å². The molecule has 0 saturated carbocycles. The second-order valence-corrected chi connectivity index (χ2v) is 9.68. The number of anilines is 1. The number of halogens is 2. The Morgan fingerprint density at radius 2 is 1.52 bits per heavy atom. The van der Waals surface area contributed by atoms with Crippen LogP contribution in [0.4, 0.5) is 14.5 Å². The van der Waals surface area contributed by atoms with Crippen molar-refractivity contribution in [2.24, 2.45) is 0 Å². The number of benzene rings is 3. The first-order valence-corrected chi connectivity index (χ1v) is 11.9. The minimum Gasteiger partial charge on any atom is -0.319 e. The monoisotopic (exact) mass is 471 g/mol. The summed E-state index contributed by atoms with van der Waals surface area (Å²) >= 11 is 0. The van der Waals surface area contributed by atoms with Crippen molar-refractivity contribution in [1.29, 1.82) is 0 Å². The van der Waals surface area contributed by atoms with Crippen molar-refractivity contribution >= 4 is 21.6 Å². The summed E-state index contributed by atoms with van der Waals surface area (Å²) in [7, 11) is -3.89. The Hall–Kier alpha value is -3.14. The van der Waals surface area contributed by atoms with Crippen molar-refractivity contribution in [3.63, 3.8) is 0 Å². The van der Waals surface area contributed by atoms with Gasteiger partial charge >= 0.3 is 0 Å². The zero-order valence-electron chi connectivity index (χ0n) is 17.7. The molecular formula is C24H23F2N3O3S. The fraction of sp³-hybridized carbons (Fsp3) is 0.208. The molecule has 3 aromatic rings. The maximum absolute atomic E-state index is 14.6. The molecule has 1 heterocycles. The summed E-state index contributed by atoms with van der Waals surface area (Å²) in [4.78, 5) is 14.2. The molecule has 0 radical (unpaired) electrons. The highest BCUT2D eigenvalue weighted by molar-refractivity contribution is 7.89. The molecule has 33 heavy (non-hydrogen) atoms. The molecular weight excluding hydrogens is 448 g/mol. The summed E-state index contributed by atoms with van der Waals surface area (Å²) in [5.74, 6) is -2.47. The third-order valence-electron chi connectivity index (χ3n) is 5.53. The number of amides is 1. The van der Waals surface area contributed by atoms with E-state index in [0.29, 0.717) is 26.2 Å². The van der Waals surface area contributed by atoms with Crippen LogP contribution >= 0.6 is 0 Å². The molecule has 1 aliphatic rings. The lowest BCUT2D eigenvalue weighted by Gasteiger charge is -2.34. The van der Waals surface area contributed by atoms with E-state index in [1.807, 2.05) is 30.3 Å². The second-order valence-electron chi connectivity index (χ2n) is 7.74. The summed E-state index contributed by atoms with van der Waals surface area (Å²) in [6.45, 7) is 2.45. The third-order valence-corrected chi connectivity index (χ3v) is 7.42. The molecule has 6 nitrogen and oxygen atoms in total. The first kappa shape index (κ1) is 23.0. The quantitative estimate of drug-likeness (QED) is 0.595. The molecule has 1 N–H and O–H groups in total. The van der Waals surface area contributed by atoms with E-state index in [0.717, 1.165) is 24.2 Å². The van der Waals surface area contributed by atoms with Crippen LogP contribution in [0.25, 0.3) is 0 Å². The van der Waals surface area contributed by atoms with Crippen molar-refractivity contribution in [2.45, 2.75) is 11.4 Å². The molecule has 1 amide bonds. The largest absolute Gasteiger partial charge is 0.319 e. The molecule has 9 heteroatoms. The van der Waals surface area contributed by atoms with E-state index in [1.165, 1.54) is 34.6 Å². The Morgan fingerprint density at radius 1 is 0.848 bits per heavy atom. The molecule has 172 valence electrons. The van der Waals surface area contributed by atoms with E-state index in [4.69, 9.17) is 0 Å². The van der Waals surface area contributed by atoms with E-state index in [9.17, 15) is 22.0 Å². The van der Waals surface area contributed by atoms with Crippen molar-refractivity contribution in [3.8, 4) is 0 Å². The molecule has 0 spiro atoms. The molecule has 1 fully saturated rings. The number of nitrogens with one attached hydrogen (secondary N) is 1. The lowest BCUT2D eigenvalue weighted by atomic mass is 10.2. The van der Waals surface area contributed by atoms with Gasteiger partial charge in [-0.25, -0.2) is 17.2 Å². The van der Waals surface area contributed by atoms with Gasteiger partial charge in [-0.1, -0.05) is 42.5 Å². The normalized spacial score (nSPS) is 15.3. The Bertz CT molecular complexity index is 1240. The summed E-state index contributed by atoms with van der Waals surface area (Å²) in [6.07, 6.45) is 0. The topological polar surface area (TPSA) is 69.7 Å². The predicted molar refractivity (Wildman–Crippen MR) is 121 cm³/mol. The van der Waals surface area contributed by atoms with Gasteiger partial charge in [0.1, 0.15) is 11.6 Å². The number of carbonyl (C=O) groups is 1. The molecule has 0 aliphatic carbocycles. The minimum atomic E-state index is -3.89. The Morgan fingerprint density at radius 3 is 2.18 bits per heavy atom. The van der Waals surface area contributed by atoms with Gasteiger partial charge < -0.3 is 5.32 Å². The highest BCUT2D eigenvalue weighted by Crippen LogP contribution is 2.24. The SMILES string of the molecule is O=C(Nc1ccc(S(=O)(=O)N2CCN(Cc3ccccc3)CC2)cc1F)c1ccccc1F. The number of hydrogen-bond donors (Lipinski definition) is 1. The fourth-order valence-corrected chi connectivity index (χ4v) is 5.15. The van der Waals surface area contributed by atoms with Crippen LogP contribution < -0.4 is 5.32 Å². The van der Waals surface area contributed by atoms with Gasteiger partial charge in [-0.15, -0.1) is 0 Å². The Kier molecular flexibility index (Phi) is 6.83.